The van der Waals surface area contributed by atoms with Crippen LogP contribution in [0.4, 0.5) is 5.69 Å². The van der Waals surface area contributed by atoms with Crippen LogP contribution in [0.5, 0.6) is 0 Å². The molecule has 1 aromatic rings. The number of likely N-dealkylation sites (N-methyl/N-ethyl adjacent to an activating group) is 1. The molecule has 0 bridgehead atoms. The third-order valence-electron chi connectivity index (χ3n) is 6.17. The molecule has 1 aromatic carbocycles. The van der Waals surface area contributed by atoms with Gasteiger partial charge in [0.25, 0.3) is 5.91 Å². The van der Waals surface area contributed by atoms with E-state index in [0.29, 0.717) is 6.54 Å². The lowest BCUT2D eigenvalue weighted by atomic mass is 9.91. The molecular weight excluding hydrogens is 394 g/mol. The summed E-state index contributed by atoms with van der Waals surface area (Å²) in [7, 11) is 2.11. The molecule has 168 valence electrons. The quantitative estimate of drug-likeness (QED) is 0.570. The first-order valence-corrected chi connectivity index (χ1v) is 10.8. The first kappa shape index (κ1) is 22.9. The van der Waals surface area contributed by atoms with Crippen LogP contribution in [0.3, 0.4) is 0 Å². The first-order chi connectivity index (χ1) is 14.5. The van der Waals surface area contributed by atoms with Crippen molar-refractivity contribution in [1.82, 2.24) is 14.7 Å². The van der Waals surface area contributed by atoms with Gasteiger partial charge in [0.2, 0.25) is 0 Å². The van der Waals surface area contributed by atoms with E-state index in [1.165, 1.54) is 4.90 Å². The molecule has 31 heavy (non-hydrogen) atoms. The van der Waals surface area contributed by atoms with E-state index in [4.69, 9.17) is 5.73 Å². The molecule has 2 aliphatic heterocycles. The van der Waals surface area contributed by atoms with E-state index in [0.717, 1.165) is 37.4 Å². The van der Waals surface area contributed by atoms with Gasteiger partial charge in [0.15, 0.2) is 5.41 Å². The van der Waals surface area contributed by atoms with Gasteiger partial charge >= 0.3 is 11.8 Å². The van der Waals surface area contributed by atoms with E-state index in [9.17, 15) is 14.4 Å². The molecule has 2 atom stereocenters. The van der Waals surface area contributed by atoms with Crippen LogP contribution in [0.15, 0.2) is 24.3 Å². The fourth-order valence-electron chi connectivity index (χ4n) is 4.29. The monoisotopic (exact) mass is 428 g/mol. The maximum Gasteiger partial charge on any atom is 0.312 e. The number of anilines is 1. The lowest BCUT2D eigenvalue weighted by Gasteiger charge is -2.46. The number of carbonyl (C=O) groups excluding carboxylic acids is 3. The van der Waals surface area contributed by atoms with Crippen molar-refractivity contribution in [2.75, 3.05) is 51.2 Å². The van der Waals surface area contributed by atoms with Crippen LogP contribution < -0.4 is 10.6 Å². The molecule has 2 fully saturated rings. The van der Waals surface area contributed by atoms with Crippen LogP contribution >= 0.6 is 0 Å². The second-order valence-corrected chi connectivity index (χ2v) is 9.41. The Morgan fingerprint density at radius 2 is 1.71 bits per heavy atom. The van der Waals surface area contributed by atoms with Gasteiger partial charge in [-0.1, -0.05) is 12.1 Å². The van der Waals surface area contributed by atoms with E-state index in [2.05, 4.69) is 35.9 Å². The standard InChI is InChI=1S/C23H33N5O3/c1-16-14-28(21(30)20(24)29)19(15-27(16)22(31)23(2,3)4)17-7-6-8-18(13-17)26-11-9-25(5)10-12-26/h6-8,13,16,19H,2,9-12,14-15H2,1,3-5H3,(H-,24,29)/p+1/t16-,19-/m1/s1. The SMILES string of the molecule is [CH2+]C(C)(C)C(=O)N1C[C@H](c2cccc(N3CCN(C)CC3)c2)N(C(=O)C(N)=O)C[C@H]1C. The smallest absolute Gasteiger partial charge is 0.312 e. The molecule has 0 aromatic heterocycles. The average Bonchev–Trinajstić information content (AvgIpc) is 2.72. The summed E-state index contributed by atoms with van der Waals surface area (Å²) in [6.07, 6.45) is 0. The molecule has 0 radical (unpaired) electrons. The predicted octanol–water partition coefficient (Wildman–Crippen LogP) is 0.884. The normalized spacial score (nSPS) is 23.0. The molecule has 8 nitrogen and oxygen atoms in total. The minimum absolute atomic E-state index is 0.0774. The Morgan fingerprint density at radius 1 is 1.06 bits per heavy atom. The number of rotatable bonds is 3. The lowest BCUT2D eigenvalue weighted by Crippen LogP contribution is -2.60. The van der Waals surface area contributed by atoms with Crippen molar-refractivity contribution in [2.45, 2.75) is 32.9 Å². The maximum absolute atomic E-state index is 13.0. The van der Waals surface area contributed by atoms with Gasteiger partial charge in [-0.05, 0) is 45.5 Å². The zero-order chi connectivity index (χ0) is 22.9. The number of amides is 3. The Morgan fingerprint density at radius 3 is 2.29 bits per heavy atom. The molecule has 2 N–H and O–H groups in total. The van der Waals surface area contributed by atoms with Gasteiger partial charge in [-0.2, -0.15) is 0 Å². The molecule has 2 saturated heterocycles. The van der Waals surface area contributed by atoms with Gasteiger partial charge in [-0.15, -0.1) is 0 Å². The van der Waals surface area contributed by atoms with Crippen molar-refractivity contribution in [3.8, 4) is 0 Å². The van der Waals surface area contributed by atoms with Crippen molar-refractivity contribution in [3.63, 3.8) is 0 Å². The van der Waals surface area contributed by atoms with E-state index >= 15 is 0 Å². The van der Waals surface area contributed by atoms with Gasteiger partial charge in [0.05, 0.1) is 13.0 Å². The molecule has 0 saturated carbocycles. The number of nitrogens with two attached hydrogens (primary N) is 1. The largest absolute Gasteiger partial charge is 0.369 e. The Balaban J connectivity index is 1.93. The van der Waals surface area contributed by atoms with Crippen LogP contribution in [0.2, 0.25) is 0 Å². The van der Waals surface area contributed by atoms with Crippen LogP contribution in [-0.2, 0) is 14.4 Å². The van der Waals surface area contributed by atoms with Gasteiger partial charge < -0.3 is 25.3 Å². The zero-order valence-corrected chi connectivity index (χ0v) is 19.0. The number of benzene rings is 1. The molecule has 3 rings (SSSR count). The van der Waals surface area contributed by atoms with Gasteiger partial charge in [0.1, 0.15) is 0 Å². The number of hydrogen-bond acceptors (Lipinski definition) is 5. The van der Waals surface area contributed by atoms with E-state index in [1.54, 1.807) is 18.7 Å². The minimum Gasteiger partial charge on any atom is -0.369 e. The molecule has 8 heteroatoms. The summed E-state index contributed by atoms with van der Waals surface area (Å²) in [5, 5.41) is 0. The zero-order valence-electron chi connectivity index (χ0n) is 19.0. The van der Waals surface area contributed by atoms with Crippen LogP contribution in [0.25, 0.3) is 0 Å². The number of carbonyl (C=O) groups is 3. The Hall–Kier alpha value is -2.74. The summed E-state index contributed by atoms with van der Waals surface area (Å²) in [6.45, 7) is 13.8. The van der Waals surface area contributed by atoms with Crippen molar-refractivity contribution in [2.24, 2.45) is 11.1 Å². The molecule has 0 spiro atoms. The van der Waals surface area contributed by atoms with Crippen LogP contribution in [-0.4, -0.2) is 84.8 Å². The number of piperazine rings is 2. The highest BCUT2D eigenvalue weighted by Gasteiger charge is 2.43. The fourth-order valence-corrected chi connectivity index (χ4v) is 4.29. The Kier molecular flexibility index (Phi) is 6.50. The summed E-state index contributed by atoms with van der Waals surface area (Å²) in [4.78, 5) is 45.3. The predicted molar refractivity (Wildman–Crippen MR) is 120 cm³/mol. The molecular formula is C23H34N5O3+. The van der Waals surface area contributed by atoms with Gasteiger partial charge in [-0.25, -0.2) is 0 Å². The Bertz CT molecular complexity index is 842. The average molecular weight is 429 g/mol. The van der Waals surface area contributed by atoms with E-state index in [-0.39, 0.29) is 18.5 Å². The highest BCUT2D eigenvalue weighted by Crippen LogP contribution is 2.33. The second-order valence-electron chi connectivity index (χ2n) is 9.41. The summed E-state index contributed by atoms with van der Waals surface area (Å²) >= 11 is 0. The summed E-state index contributed by atoms with van der Waals surface area (Å²) < 4.78 is 0. The molecule has 0 aliphatic carbocycles. The summed E-state index contributed by atoms with van der Waals surface area (Å²) in [5.41, 5.74) is 6.52. The molecule has 2 heterocycles. The van der Waals surface area contributed by atoms with Crippen molar-refractivity contribution >= 4 is 23.4 Å². The van der Waals surface area contributed by atoms with Crippen LogP contribution in [0, 0.1) is 12.3 Å². The van der Waals surface area contributed by atoms with Crippen molar-refractivity contribution < 1.29 is 14.4 Å². The number of primary amides is 1. The maximum atomic E-state index is 13.0. The van der Waals surface area contributed by atoms with E-state index in [1.807, 2.05) is 19.1 Å². The van der Waals surface area contributed by atoms with Gasteiger partial charge in [0, 0.05) is 51.0 Å². The highest BCUT2D eigenvalue weighted by atomic mass is 16.2. The molecule has 2 aliphatic rings. The van der Waals surface area contributed by atoms with Crippen LogP contribution in [0.1, 0.15) is 32.4 Å². The Labute approximate surface area is 184 Å². The fraction of sp³-hybridized carbons (Fsp3) is 0.565. The summed E-state index contributed by atoms with van der Waals surface area (Å²) in [6, 6.07) is 7.34. The van der Waals surface area contributed by atoms with Crippen molar-refractivity contribution in [1.29, 1.82) is 0 Å². The minimum atomic E-state index is -0.982. The third-order valence-corrected chi connectivity index (χ3v) is 6.17. The highest BCUT2D eigenvalue weighted by molar-refractivity contribution is 6.34. The number of hydrogen-bond donors (Lipinski definition) is 1. The number of nitrogens with zero attached hydrogens (tertiary/aromatic N) is 4. The van der Waals surface area contributed by atoms with E-state index < -0.39 is 23.3 Å². The second kappa shape index (κ2) is 8.78. The topological polar surface area (TPSA) is 90.2 Å². The molecule has 3 amide bonds. The first-order valence-electron chi connectivity index (χ1n) is 10.8. The summed E-state index contributed by atoms with van der Waals surface area (Å²) in [5.74, 6) is -1.78. The third kappa shape index (κ3) is 4.95. The lowest BCUT2D eigenvalue weighted by molar-refractivity contribution is -0.154. The molecule has 0 unspecified atom stereocenters. The van der Waals surface area contributed by atoms with Crippen molar-refractivity contribution in [3.05, 3.63) is 36.8 Å². The van der Waals surface area contributed by atoms with Gasteiger partial charge in [-0.3, -0.25) is 14.4 Å².